The molecule has 0 amide bonds. The zero-order chi connectivity index (χ0) is 12.6. The van der Waals surface area contributed by atoms with E-state index in [4.69, 9.17) is 4.74 Å². The number of para-hydroxylation sites is 2. The third-order valence-electron chi connectivity index (χ3n) is 2.65. The number of ether oxygens (including phenoxy) is 1. The van der Waals surface area contributed by atoms with Crippen molar-refractivity contribution >= 4 is 5.69 Å². The fourth-order valence-corrected chi connectivity index (χ4v) is 1.80. The molecule has 0 spiro atoms. The van der Waals surface area contributed by atoms with E-state index >= 15 is 0 Å². The predicted octanol–water partition coefficient (Wildman–Crippen LogP) is 2.78. The summed E-state index contributed by atoms with van der Waals surface area (Å²) in [5.74, 6) is 0.919. The average Bonchev–Trinajstić information content (AvgIpc) is 2.90. The molecule has 0 atom stereocenters. The molecule has 2 aromatic rings. The molecule has 0 fully saturated rings. The molecule has 1 aromatic carbocycles. The summed E-state index contributed by atoms with van der Waals surface area (Å²) in [7, 11) is 0. The Labute approximate surface area is 108 Å². The highest BCUT2D eigenvalue weighted by molar-refractivity contribution is 5.56. The first-order chi connectivity index (χ1) is 8.90. The lowest BCUT2D eigenvalue weighted by atomic mass is 10.3. The van der Waals surface area contributed by atoms with Gasteiger partial charge in [-0.25, -0.2) is 4.98 Å². The zero-order valence-corrected chi connectivity index (χ0v) is 10.7. The smallest absolute Gasteiger partial charge is 0.142 e. The number of nitrogens with one attached hydrogen (secondary N) is 1. The minimum Gasteiger partial charge on any atom is -0.492 e. The van der Waals surface area contributed by atoms with E-state index in [9.17, 15) is 0 Å². The first-order valence-corrected chi connectivity index (χ1v) is 6.31. The first-order valence-electron chi connectivity index (χ1n) is 6.31. The molecule has 2 rings (SSSR count). The van der Waals surface area contributed by atoms with Crippen LogP contribution >= 0.6 is 0 Å². The maximum absolute atomic E-state index is 5.56. The van der Waals surface area contributed by atoms with Gasteiger partial charge in [0, 0.05) is 25.5 Å². The van der Waals surface area contributed by atoms with Crippen LogP contribution in [0, 0.1) is 0 Å². The van der Waals surface area contributed by atoms with E-state index in [1.165, 1.54) is 0 Å². The van der Waals surface area contributed by atoms with Crippen molar-refractivity contribution in [1.29, 1.82) is 0 Å². The van der Waals surface area contributed by atoms with Gasteiger partial charge in [0.1, 0.15) is 5.75 Å². The van der Waals surface area contributed by atoms with Crippen molar-refractivity contribution in [3.8, 4) is 5.75 Å². The van der Waals surface area contributed by atoms with E-state index in [2.05, 4.69) is 14.9 Å². The van der Waals surface area contributed by atoms with Gasteiger partial charge in [0.15, 0.2) is 0 Å². The normalized spacial score (nSPS) is 10.3. The molecule has 1 aromatic heterocycles. The SMILES string of the molecule is CCOc1ccccc1NCCCn1ccnc1. The molecule has 0 aliphatic rings. The first kappa shape index (κ1) is 12.5. The lowest BCUT2D eigenvalue weighted by Gasteiger charge is -2.12. The lowest BCUT2D eigenvalue weighted by Crippen LogP contribution is -2.07. The van der Waals surface area contributed by atoms with Crippen LogP contribution in [0.4, 0.5) is 5.69 Å². The summed E-state index contributed by atoms with van der Waals surface area (Å²) in [6, 6.07) is 8.03. The molecule has 4 heteroatoms. The van der Waals surface area contributed by atoms with Gasteiger partial charge in [0.25, 0.3) is 0 Å². The summed E-state index contributed by atoms with van der Waals surface area (Å²) in [6.07, 6.45) is 6.68. The maximum Gasteiger partial charge on any atom is 0.142 e. The van der Waals surface area contributed by atoms with Crippen LogP contribution in [0.5, 0.6) is 5.75 Å². The van der Waals surface area contributed by atoms with Gasteiger partial charge in [0.05, 0.1) is 18.6 Å². The van der Waals surface area contributed by atoms with Gasteiger partial charge in [-0.15, -0.1) is 0 Å². The lowest BCUT2D eigenvalue weighted by molar-refractivity contribution is 0.341. The maximum atomic E-state index is 5.56. The van der Waals surface area contributed by atoms with Crippen molar-refractivity contribution in [2.45, 2.75) is 19.9 Å². The van der Waals surface area contributed by atoms with Gasteiger partial charge in [0.2, 0.25) is 0 Å². The second kappa shape index (κ2) is 6.69. The molecule has 0 aliphatic heterocycles. The molecule has 96 valence electrons. The standard InChI is InChI=1S/C14H19N3O/c1-2-18-14-7-4-3-6-13(14)16-8-5-10-17-11-9-15-12-17/h3-4,6-7,9,11-12,16H,2,5,8,10H2,1H3. The molecule has 4 nitrogen and oxygen atoms in total. The van der Waals surface area contributed by atoms with Crippen LogP contribution in [0.1, 0.15) is 13.3 Å². The second-order valence-corrected chi connectivity index (χ2v) is 4.01. The Morgan fingerprint density at radius 2 is 2.22 bits per heavy atom. The van der Waals surface area contributed by atoms with Gasteiger partial charge < -0.3 is 14.6 Å². The summed E-state index contributed by atoms with van der Waals surface area (Å²) in [4.78, 5) is 4.02. The highest BCUT2D eigenvalue weighted by Gasteiger charge is 2.00. The van der Waals surface area contributed by atoms with E-state index in [0.717, 1.165) is 30.9 Å². The van der Waals surface area contributed by atoms with Crippen molar-refractivity contribution in [2.24, 2.45) is 0 Å². The van der Waals surface area contributed by atoms with Crippen LogP contribution in [0.15, 0.2) is 43.0 Å². The summed E-state index contributed by atoms with van der Waals surface area (Å²) in [6.45, 7) is 4.58. The van der Waals surface area contributed by atoms with Crippen LogP contribution in [0.2, 0.25) is 0 Å². The van der Waals surface area contributed by atoms with Gasteiger partial charge in [-0.3, -0.25) is 0 Å². The van der Waals surface area contributed by atoms with Crippen LogP contribution in [0.25, 0.3) is 0 Å². The fourth-order valence-electron chi connectivity index (χ4n) is 1.80. The van der Waals surface area contributed by atoms with Crippen LogP contribution < -0.4 is 10.1 Å². The van der Waals surface area contributed by atoms with Crippen molar-refractivity contribution in [3.63, 3.8) is 0 Å². The predicted molar refractivity (Wildman–Crippen MR) is 72.9 cm³/mol. The van der Waals surface area contributed by atoms with Crippen molar-refractivity contribution < 1.29 is 4.74 Å². The highest BCUT2D eigenvalue weighted by Crippen LogP contribution is 2.23. The quantitative estimate of drug-likeness (QED) is 0.762. The Balaban J connectivity index is 1.79. The monoisotopic (exact) mass is 245 g/mol. The Morgan fingerprint density at radius 3 is 3.00 bits per heavy atom. The minimum atomic E-state index is 0.688. The largest absolute Gasteiger partial charge is 0.492 e. The van der Waals surface area contributed by atoms with Crippen molar-refractivity contribution in [1.82, 2.24) is 9.55 Å². The van der Waals surface area contributed by atoms with Gasteiger partial charge in [-0.05, 0) is 25.5 Å². The molecule has 1 heterocycles. The van der Waals surface area contributed by atoms with Gasteiger partial charge in [-0.1, -0.05) is 12.1 Å². The van der Waals surface area contributed by atoms with E-state index in [-0.39, 0.29) is 0 Å². The summed E-state index contributed by atoms with van der Waals surface area (Å²) >= 11 is 0. The minimum absolute atomic E-state index is 0.688. The molecule has 0 bridgehead atoms. The molecule has 0 saturated carbocycles. The highest BCUT2D eigenvalue weighted by atomic mass is 16.5. The number of hydrogen-bond donors (Lipinski definition) is 1. The number of aryl methyl sites for hydroxylation is 1. The summed E-state index contributed by atoms with van der Waals surface area (Å²) in [5, 5.41) is 3.40. The zero-order valence-electron chi connectivity index (χ0n) is 10.7. The van der Waals surface area contributed by atoms with Crippen LogP contribution in [-0.2, 0) is 6.54 Å². The number of aromatic nitrogens is 2. The molecule has 18 heavy (non-hydrogen) atoms. The van der Waals surface area contributed by atoms with E-state index in [1.807, 2.05) is 43.7 Å². The molecule has 0 saturated heterocycles. The number of benzene rings is 1. The summed E-state index contributed by atoms with van der Waals surface area (Å²) < 4.78 is 7.64. The Kier molecular flexibility index (Phi) is 4.64. The Morgan fingerprint density at radius 1 is 1.33 bits per heavy atom. The molecular formula is C14H19N3O. The fraction of sp³-hybridized carbons (Fsp3) is 0.357. The third-order valence-corrected chi connectivity index (χ3v) is 2.65. The Bertz CT molecular complexity index is 454. The average molecular weight is 245 g/mol. The van der Waals surface area contributed by atoms with E-state index in [0.29, 0.717) is 6.61 Å². The van der Waals surface area contributed by atoms with Gasteiger partial charge >= 0.3 is 0 Å². The topological polar surface area (TPSA) is 39.1 Å². The number of rotatable bonds is 7. The van der Waals surface area contributed by atoms with Crippen LogP contribution in [0.3, 0.4) is 0 Å². The van der Waals surface area contributed by atoms with Crippen molar-refractivity contribution in [2.75, 3.05) is 18.5 Å². The molecule has 1 N–H and O–H groups in total. The molecule has 0 unspecified atom stereocenters. The van der Waals surface area contributed by atoms with Crippen molar-refractivity contribution in [3.05, 3.63) is 43.0 Å². The van der Waals surface area contributed by atoms with Gasteiger partial charge in [-0.2, -0.15) is 0 Å². The second-order valence-electron chi connectivity index (χ2n) is 4.01. The third kappa shape index (κ3) is 3.52. The number of hydrogen-bond acceptors (Lipinski definition) is 3. The Hall–Kier alpha value is -1.97. The van der Waals surface area contributed by atoms with E-state index < -0.39 is 0 Å². The van der Waals surface area contributed by atoms with E-state index in [1.54, 1.807) is 6.20 Å². The number of nitrogens with zero attached hydrogens (tertiary/aromatic N) is 2. The molecule has 0 aliphatic carbocycles. The molecular weight excluding hydrogens is 226 g/mol. The number of anilines is 1. The number of imidazole rings is 1. The molecule has 0 radical (unpaired) electrons. The van der Waals surface area contributed by atoms with Crippen LogP contribution in [-0.4, -0.2) is 22.7 Å². The summed E-state index contributed by atoms with van der Waals surface area (Å²) in [5.41, 5.74) is 1.06.